The van der Waals surface area contributed by atoms with E-state index in [1.54, 1.807) is 0 Å². The fourth-order valence-corrected chi connectivity index (χ4v) is 3.79. The van der Waals surface area contributed by atoms with Crippen LogP contribution in [0, 0.1) is 14.1 Å². The Hall–Kier alpha value is -0.830. The van der Waals surface area contributed by atoms with E-state index in [0.29, 0.717) is 5.92 Å². The average molecular weight is 353 g/mol. The van der Waals surface area contributed by atoms with Crippen LogP contribution in [0.15, 0.2) is 48.5 Å². The molecule has 0 fully saturated rings. The molecule has 0 aliphatic heterocycles. The molecule has 2 rings (SSSR count). The zero-order valence-electron chi connectivity index (χ0n) is 10.6. The van der Waals surface area contributed by atoms with Crippen LogP contribution in [0.25, 0.3) is 0 Å². The summed E-state index contributed by atoms with van der Waals surface area (Å²) in [5.41, 5.74) is 2.77. The molecule has 0 aromatic heterocycles. The van der Waals surface area contributed by atoms with Crippen molar-refractivity contribution in [3.05, 3.63) is 66.8 Å². The van der Waals surface area contributed by atoms with Gasteiger partial charge in [0.1, 0.15) is 0 Å². The van der Waals surface area contributed by atoms with E-state index < -0.39 is 0 Å². The molecule has 0 aliphatic rings. The van der Waals surface area contributed by atoms with E-state index in [4.69, 9.17) is 0 Å². The Labute approximate surface area is 122 Å². The first-order valence-electron chi connectivity index (χ1n) is 5.96. The van der Waals surface area contributed by atoms with Gasteiger partial charge >= 0.3 is 115 Å². The van der Waals surface area contributed by atoms with Crippen molar-refractivity contribution >= 4 is 0 Å². The molecule has 0 saturated heterocycles. The molecule has 1 heteroatoms. The summed E-state index contributed by atoms with van der Waals surface area (Å²) in [5, 5.41) is 0. The number of hydrogen-bond acceptors (Lipinski definition) is 0. The molecule has 2 aromatic rings. The fourth-order valence-electron chi connectivity index (χ4n) is 1.63. The van der Waals surface area contributed by atoms with Crippen LogP contribution in [-0.2, 0) is 0 Å². The standard InChI is InChI=1S/C16H18I.CH4/c1-12(2)14-6-10-16(11-7-14)17-15-8-4-13(3)5-9-15;/h4-12H,1-3H3;1H4/q-1;. The third-order valence-corrected chi connectivity index (χ3v) is 5.45. The van der Waals surface area contributed by atoms with Crippen LogP contribution >= 0.6 is 0 Å². The molecule has 0 saturated carbocycles. The van der Waals surface area contributed by atoms with Crippen LogP contribution in [0.5, 0.6) is 0 Å². The Bertz CT molecular complexity index is 466. The summed E-state index contributed by atoms with van der Waals surface area (Å²) >= 11 is -0.0167. The summed E-state index contributed by atoms with van der Waals surface area (Å²) < 4.78 is 2.99. The number of rotatable bonds is 3. The van der Waals surface area contributed by atoms with Gasteiger partial charge in [0.05, 0.1) is 0 Å². The summed E-state index contributed by atoms with van der Waals surface area (Å²) in [6, 6.07) is 18.1. The van der Waals surface area contributed by atoms with Gasteiger partial charge in [0.2, 0.25) is 0 Å². The summed E-state index contributed by atoms with van der Waals surface area (Å²) in [4.78, 5) is 0. The molecular weight excluding hydrogens is 331 g/mol. The van der Waals surface area contributed by atoms with Gasteiger partial charge in [-0.05, 0) is 0 Å². The number of aryl methyl sites for hydroxylation is 1. The van der Waals surface area contributed by atoms with Crippen molar-refractivity contribution in [2.75, 3.05) is 0 Å². The van der Waals surface area contributed by atoms with Gasteiger partial charge in [0.15, 0.2) is 0 Å². The van der Waals surface area contributed by atoms with Crippen molar-refractivity contribution in [2.45, 2.75) is 34.1 Å². The summed E-state index contributed by atoms with van der Waals surface area (Å²) in [7, 11) is 0. The zero-order valence-corrected chi connectivity index (χ0v) is 12.7. The van der Waals surface area contributed by atoms with E-state index in [-0.39, 0.29) is 28.6 Å². The van der Waals surface area contributed by atoms with E-state index in [2.05, 4.69) is 69.3 Å². The third kappa shape index (κ3) is 4.13. The average Bonchev–Trinajstić information content (AvgIpc) is 2.33. The van der Waals surface area contributed by atoms with Crippen molar-refractivity contribution in [3.8, 4) is 0 Å². The predicted octanol–water partition coefficient (Wildman–Crippen LogP) is 1.88. The van der Waals surface area contributed by atoms with Gasteiger partial charge in [-0.2, -0.15) is 0 Å². The molecule has 0 heterocycles. The topological polar surface area (TPSA) is 0 Å². The first-order chi connectivity index (χ1) is 8.15. The van der Waals surface area contributed by atoms with Crippen LogP contribution in [0.2, 0.25) is 0 Å². The Morgan fingerprint density at radius 3 is 1.67 bits per heavy atom. The first-order valence-corrected chi connectivity index (χ1v) is 8.12. The maximum atomic E-state index is 2.29. The van der Waals surface area contributed by atoms with Crippen LogP contribution in [0.4, 0.5) is 0 Å². The van der Waals surface area contributed by atoms with Gasteiger partial charge in [0.25, 0.3) is 0 Å². The second-order valence-corrected chi connectivity index (χ2v) is 7.63. The quantitative estimate of drug-likeness (QED) is 0.740. The molecule has 0 unspecified atom stereocenters. The van der Waals surface area contributed by atoms with Gasteiger partial charge < -0.3 is 0 Å². The molecule has 2 aromatic carbocycles. The van der Waals surface area contributed by atoms with Gasteiger partial charge in [-0.15, -0.1) is 0 Å². The van der Waals surface area contributed by atoms with Gasteiger partial charge in [-0.25, -0.2) is 0 Å². The zero-order chi connectivity index (χ0) is 12.3. The Balaban J connectivity index is 0.00000162. The predicted molar refractivity (Wildman–Crippen MR) is 75.8 cm³/mol. The van der Waals surface area contributed by atoms with Gasteiger partial charge in [-0.3, -0.25) is 0 Å². The molecule has 0 amide bonds. The van der Waals surface area contributed by atoms with Crippen molar-refractivity contribution in [3.63, 3.8) is 0 Å². The van der Waals surface area contributed by atoms with Crippen LogP contribution in [0.1, 0.15) is 38.3 Å². The van der Waals surface area contributed by atoms with E-state index >= 15 is 0 Å². The van der Waals surface area contributed by atoms with Crippen LogP contribution in [0.3, 0.4) is 0 Å². The van der Waals surface area contributed by atoms with E-state index in [1.165, 1.54) is 18.3 Å². The third-order valence-electron chi connectivity index (χ3n) is 2.77. The van der Waals surface area contributed by atoms with Crippen LogP contribution < -0.4 is 21.2 Å². The molecule has 0 bridgehead atoms. The summed E-state index contributed by atoms with van der Waals surface area (Å²) in [6.07, 6.45) is 0. The molecule has 0 aliphatic carbocycles. The molecular formula is C17H22I-. The molecule has 0 N–H and O–H groups in total. The van der Waals surface area contributed by atoms with E-state index in [0.717, 1.165) is 0 Å². The monoisotopic (exact) mass is 353 g/mol. The minimum absolute atomic E-state index is 0. The van der Waals surface area contributed by atoms with Gasteiger partial charge in [0, 0.05) is 0 Å². The Kier molecular flexibility index (Phi) is 5.86. The fraction of sp³-hybridized carbons (Fsp3) is 0.294. The van der Waals surface area contributed by atoms with Gasteiger partial charge in [-0.1, -0.05) is 7.43 Å². The molecule has 98 valence electrons. The second-order valence-electron chi connectivity index (χ2n) is 4.60. The number of halogens is 1. The number of hydrogen-bond donors (Lipinski definition) is 0. The first kappa shape index (κ1) is 15.2. The molecule has 0 atom stereocenters. The minimum atomic E-state index is -0.0167. The normalized spacial score (nSPS) is 10.4. The molecule has 18 heavy (non-hydrogen) atoms. The second kappa shape index (κ2) is 6.93. The maximum absolute atomic E-state index is 2.29. The van der Waals surface area contributed by atoms with Crippen LogP contribution in [-0.4, -0.2) is 0 Å². The van der Waals surface area contributed by atoms with E-state index in [1.807, 2.05) is 0 Å². The molecule has 0 spiro atoms. The van der Waals surface area contributed by atoms with E-state index in [9.17, 15) is 0 Å². The number of benzene rings is 2. The Morgan fingerprint density at radius 1 is 0.778 bits per heavy atom. The van der Waals surface area contributed by atoms with Crippen molar-refractivity contribution in [1.29, 1.82) is 0 Å². The summed E-state index contributed by atoms with van der Waals surface area (Å²) in [5.74, 6) is 0.627. The SMILES string of the molecule is C.Cc1ccc([I-]c2ccc(C(C)C)cc2)cc1. The Morgan fingerprint density at radius 2 is 1.22 bits per heavy atom. The molecule has 0 nitrogen and oxygen atoms in total. The summed E-state index contributed by atoms with van der Waals surface area (Å²) in [6.45, 7) is 6.62. The van der Waals surface area contributed by atoms with Crippen molar-refractivity contribution < 1.29 is 21.2 Å². The van der Waals surface area contributed by atoms with Crippen molar-refractivity contribution in [2.24, 2.45) is 0 Å². The molecule has 0 radical (unpaired) electrons. The van der Waals surface area contributed by atoms with Crippen molar-refractivity contribution in [1.82, 2.24) is 0 Å².